The van der Waals surface area contributed by atoms with E-state index in [4.69, 9.17) is 28.6 Å². The van der Waals surface area contributed by atoms with Crippen LogP contribution >= 0.6 is 23.2 Å². The number of hydrogen-bond donors (Lipinski definition) is 1. The van der Waals surface area contributed by atoms with Crippen molar-refractivity contribution >= 4 is 28.9 Å². The number of halogens is 2. The summed E-state index contributed by atoms with van der Waals surface area (Å²) in [6.45, 7) is 0. The van der Waals surface area contributed by atoms with Gasteiger partial charge in [-0.25, -0.2) is 0 Å². The van der Waals surface area contributed by atoms with Gasteiger partial charge in [0.2, 0.25) is 0 Å². The Balaban J connectivity index is 2.12. The fourth-order valence-corrected chi connectivity index (χ4v) is 4.05. The first kappa shape index (κ1) is 9.92. The summed E-state index contributed by atoms with van der Waals surface area (Å²) in [4.78, 5) is 0. The molecule has 1 nitrogen and oxygen atoms in total. The summed E-state index contributed by atoms with van der Waals surface area (Å²) in [6, 6.07) is 0. The van der Waals surface area contributed by atoms with Gasteiger partial charge in [-0.1, -0.05) is 28.8 Å². The predicted octanol–water partition coefficient (Wildman–Crippen LogP) is 4.22. The van der Waals surface area contributed by atoms with Gasteiger partial charge >= 0.3 is 0 Å². The molecule has 2 bridgehead atoms. The van der Waals surface area contributed by atoms with E-state index in [9.17, 15) is 0 Å². The van der Waals surface area contributed by atoms with Gasteiger partial charge in [-0.05, 0) is 43.3 Å². The average molecular weight is 242 g/mol. The molecule has 3 heteroatoms. The second kappa shape index (κ2) is 3.36. The zero-order chi connectivity index (χ0) is 10.6. The van der Waals surface area contributed by atoms with E-state index in [1.807, 2.05) is 0 Å². The molecule has 0 spiro atoms. The maximum absolute atomic E-state index is 8.03. The van der Waals surface area contributed by atoms with Gasteiger partial charge in [-0.15, -0.1) is 0 Å². The summed E-state index contributed by atoms with van der Waals surface area (Å²) in [5.41, 5.74) is 4.84. The van der Waals surface area contributed by atoms with Gasteiger partial charge in [0.05, 0.1) is 0 Å². The first-order valence-corrected chi connectivity index (χ1v) is 6.31. The van der Waals surface area contributed by atoms with E-state index in [0.717, 1.165) is 31.4 Å². The number of hydrogen-bond acceptors (Lipinski definition) is 1. The van der Waals surface area contributed by atoms with Crippen LogP contribution in [0, 0.1) is 17.2 Å². The van der Waals surface area contributed by atoms with Crippen LogP contribution in [0.3, 0.4) is 0 Å². The van der Waals surface area contributed by atoms with Gasteiger partial charge in [0.25, 0.3) is 0 Å². The third-order valence-corrected chi connectivity index (χ3v) is 4.46. The average Bonchev–Trinajstić information content (AvgIpc) is 2.73. The highest BCUT2D eigenvalue weighted by Crippen LogP contribution is 2.57. The minimum atomic E-state index is 0.391. The molecule has 0 saturated heterocycles. The summed E-state index contributed by atoms with van der Waals surface area (Å²) < 4.78 is 0.463. The molecule has 3 aliphatic rings. The smallest absolute Gasteiger partial charge is 0.107 e. The van der Waals surface area contributed by atoms with Gasteiger partial charge < -0.3 is 5.41 Å². The molecule has 3 rings (SSSR count). The molecule has 0 radical (unpaired) electrons. The maximum atomic E-state index is 8.03. The molecule has 0 aromatic carbocycles. The number of rotatable bonds is 0. The van der Waals surface area contributed by atoms with Crippen LogP contribution in [0.25, 0.3) is 0 Å². The van der Waals surface area contributed by atoms with E-state index in [2.05, 4.69) is 0 Å². The first-order valence-electron chi connectivity index (χ1n) is 5.56. The van der Waals surface area contributed by atoms with Crippen LogP contribution in [-0.2, 0) is 0 Å². The van der Waals surface area contributed by atoms with Crippen LogP contribution in [0.4, 0.5) is 0 Å². The van der Waals surface area contributed by atoms with Gasteiger partial charge in [0, 0.05) is 17.5 Å². The van der Waals surface area contributed by atoms with Crippen LogP contribution in [0.5, 0.6) is 0 Å². The van der Waals surface area contributed by atoms with Gasteiger partial charge in [-0.2, -0.15) is 0 Å². The molecule has 0 unspecified atom stereocenters. The Morgan fingerprint density at radius 2 is 1.87 bits per heavy atom. The molecule has 0 amide bonds. The standard InChI is InChI=1S/C12H13Cl2N/c13-12(14)11-7-4-5-8(11)10-6(7)2-1-3-9(10)15/h7-8,15H,1-5H2/t7-,8+/m0/s1. The quantitative estimate of drug-likeness (QED) is 0.657. The molecule has 2 atom stereocenters. The van der Waals surface area contributed by atoms with Gasteiger partial charge in [0.1, 0.15) is 4.49 Å². The van der Waals surface area contributed by atoms with Crippen molar-refractivity contribution in [3.05, 3.63) is 21.2 Å². The Kier molecular flexibility index (Phi) is 2.22. The number of fused-ring (bicyclic) bond motifs is 4. The summed E-state index contributed by atoms with van der Waals surface area (Å²) in [7, 11) is 0. The van der Waals surface area contributed by atoms with Crippen LogP contribution in [0.2, 0.25) is 0 Å². The topological polar surface area (TPSA) is 23.9 Å². The van der Waals surface area contributed by atoms with Gasteiger partial charge in [-0.3, -0.25) is 0 Å². The van der Waals surface area contributed by atoms with E-state index in [1.54, 1.807) is 0 Å². The highest BCUT2D eigenvalue weighted by molar-refractivity contribution is 6.56. The SMILES string of the molecule is N=C1CCCC2=C1[C@H]1CC[C@@H]2C1=C(Cl)Cl. The normalized spacial score (nSPS) is 33.7. The Morgan fingerprint density at radius 3 is 2.53 bits per heavy atom. The second-order valence-corrected chi connectivity index (χ2v) is 5.62. The summed E-state index contributed by atoms with van der Waals surface area (Å²) in [6.07, 6.45) is 5.56. The number of allylic oxidation sites excluding steroid dienone is 3. The molecule has 1 saturated carbocycles. The number of nitrogens with one attached hydrogen (secondary N) is 1. The third-order valence-electron chi connectivity index (χ3n) is 4.03. The van der Waals surface area contributed by atoms with Crippen molar-refractivity contribution in [2.45, 2.75) is 32.1 Å². The van der Waals surface area contributed by atoms with Crippen molar-refractivity contribution in [1.82, 2.24) is 0 Å². The van der Waals surface area contributed by atoms with Crippen LogP contribution in [0.1, 0.15) is 32.1 Å². The molecule has 80 valence electrons. The molecule has 1 fully saturated rings. The van der Waals surface area contributed by atoms with Crippen molar-refractivity contribution in [2.75, 3.05) is 0 Å². The zero-order valence-electron chi connectivity index (χ0n) is 8.45. The zero-order valence-corrected chi connectivity index (χ0v) is 9.96. The van der Waals surface area contributed by atoms with Crippen molar-refractivity contribution < 1.29 is 0 Å². The van der Waals surface area contributed by atoms with E-state index in [0.29, 0.717) is 16.3 Å². The minimum Gasteiger partial charge on any atom is -0.305 e. The van der Waals surface area contributed by atoms with Gasteiger partial charge in [0.15, 0.2) is 0 Å². The Morgan fingerprint density at radius 1 is 1.13 bits per heavy atom. The molecular formula is C12H13Cl2N. The van der Waals surface area contributed by atoms with Crippen molar-refractivity contribution in [3.63, 3.8) is 0 Å². The molecule has 3 aliphatic carbocycles. The highest BCUT2D eigenvalue weighted by atomic mass is 35.5. The van der Waals surface area contributed by atoms with Crippen molar-refractivity contribution in [1.29, 1.82) is 5.41 Å². The lowest BCUT2D eigenvalue weighted by atomic mass is 9.81. The predicted molar refractivity (Wildman–Crippen MR) is 63.5 cm³/mol. The van der Waals surface area contributed by atoms with Crippen LogP contribution < -0.4 is 0 Å². The molecule has 15 heavy (non-hydrogen) atoms. The lowest BCUT2D eigenvalue weighted by Crippen LogP contribution is -2.16. The highest BCUT2D eigenvalue weighted by Gasteiger charge is 2.46. The summed E-state index contributed by atoms with van der Waals surface area (Å²) in [5.74, 6) is 0.874. The molecular weight excluding hydrogens is 229 g/mol. The fourth-order valence-electron chi connectivity index (χ4n) is 3.53. The summed E-state index contributed by atoms with van der Waals surface area (Å²) in [5, 5.41) is 8.03. The van der Waals surface area contributed by atoms with E-state index in [-0.39, 0.29) is 0 Å². The van der Waals surface area contributed by atoms with E-state index >= 15 is 0 Å². The molecule has 0 heterocycles. The molecule has 0 aromatic heterocycles. The minimum absolute atomic E-state index is 0.391. The first-order chi connectivity index (χ1) is 7.20. The third kappa shape index (κ3) is 1.26. The Hall–Kier alpha value is -0.270. The molecule has 0 aliphatic heterocycles. The lowest BCUT2D eigenvalue weighted by Gasteiger charge is -2.24. The van der Waals surface area contributed by atoms with E-state index in [1.165, 1.54) is 23.1 Å². The van der Waals surface area contributed by atoms with Crippen LogP contribution in [0.15, 0.2) is 21.2 Å². The Labute approximate surface area is 99.6 Å². The maximum Gasteiger partial charge on any atom is 0.107 e. The summed E-state index contributed by atoms with van der Waals surface area (Å²) >= 11 is 11.9. The fraction of sp³-hybridized carbons (Fsp3) is 0.583. The second-order valence-electron chi connectivity index (χ2n) is 4.67. The van der Waals surface area contributed by atoms with E-state index < -0.39 is 0 Å². The lowest BCUT2D eigenvalue weighted by molar-refractivity contribution is 0.612. The largest absolute Gasteiger partial charge is 0.305 e. The Bertz CT molecular complexity index is 402. The van der Waals surface area contributed by atoms with Crippen LogP contribution in [-0.4, -0.2) is 5.71 Å². The molecule has 0 aromatic rings. The molecule has 1 N–H and O–H groups in total. The van der Waals surface area contributed by atoms with Crippen molar-refractivity contribution in [3.8, 4) is 0 Å². The van der Waals surface area contributed by atoms with Crippen molar-refractivity contribution in [2.24, 2.45) is 11.8 Å². The monoisotopic (exact) mass is 241 g/mol.